The number of benzene rings is 7. The van der Waals surface area contributed by atoms with Crippen molar-refractivity contribution in [1.82, 2.24) is 18.9 Å². The maximum absolute atomic E-state index is 5.15. The first-order valence-electron chi connectivity index (χ1n) is 17.7. The molecule has 4 aromatic heterocycles. The van der Waals surface area contributed by atoms with Gasteiger partial charge in [0.2, 0.25) is 0 Å². The molecular formula is C48H30N4. The van der Waals surface area contributed by atoms with E-state index in [1.807, 2.05) is 12.1 Å². The maximum Gasteiger partial charge on any atom is 0.160 e. The first-order valence-corrected chi connectivity index (χ1v) is 17.7. The summed E-state index contributed by atoms with van der Waals surface area (Å²) in [5, 5.41) is 7.50. The Morgan fingerprint density at radius 2 is 0.923 bits per heavy atom. The van der Waals surface area contributed by atoms with Crippen molar-refractivity contribution in [1.29, 1.82) is 0 Å². The van der Waals surface area contributed by atoms with Crippen molar-refractivity contribution in [3.8, 4) is 39.6 Å². The highest BCUT2D eigenvalue weighted by Crippen LogP contribution is 2.43. The molecule has 11 aromatic rings. The summed E-state index contributed by atoms with van der Waals surface area (Å²) in [6, 6.07) is 64.7. The van der Waals surface area contributed by atoms with Gasteiger partial charge in [-0.1, -0.05) is 133 Å². The monoisotopic (exact) mass is 662 g/mol. The molecule has 0 saturated carbocycles. The average Bonchev–Trinajstić information content (AvgIpc) is 3.78. The highest BCUT2D eigenvalue weighted by atomic mass is 15.0. The van der Waals surface area contributed by atoms with Crippen LogP contribution in [0.4, 0.5) is 0 Å². The Morgan fingerprint density at radius 1 is 0.346 bits per heavy atom. The standard InChI is InChI=1S/C48H30N4/c1-3-14-31(15-4-1)39-30-40(32-16-5-2-6-17-32)50-48(49-39)34-19-13-20-35(28-34)51-42-24-11-9-22-37(42)47-44(51)27-26-38-45-29-33-18-7-10-23-41(33)52(45)43-25-12-8-21-36(43)46(38)47/h1-30H. The third-order valence-electron chi connectivity index (χ3n) is 10.5. The van der Waals surface area contributed by atoms with E-state index in [0.717, 1.165) is 39.3 Å². The van der Waals surface area contributed by atoms with Gasteiger partial charge in [0.15, 0.2) is 5.82 Å². The summed E-state index contributed by atoms with van der Waals surface area (Å²) in [5.41, 5.74) is 11.9. The van der Waals surface area contributed by atoms with Crippen LogP contribution in [0.15, 0.2) is 182 Å². The van der Waals surface area contributed by atoms with Crippen LogP contribution < -0.4 is 0 Å². The third kappa shape index (κ3) is 4.28. The third-order valence-corrected chi connectivity index (χ3v) is 10.5. The van der Waals surface area contributed by atoms with E-state index in [4.69, 9.17) is 9.97 Å². The molecular weight excluding hydrogens is 633 g/mol. The quantitative estimate of drug-likeness (QED) is 0.176. The maximum atomic E-state index is 5.15. The molecule has 0 saturated heterocycles. The fraction of sp³-hybridized carbons (Fsp3) is 0. The van der Waals surface area contributed by atoms with Gasteiger partial charge in [-0.05, 0) is 48.5 Å². The largest absolute Gasteiger partial charge is 0.309 e. The number of hydrogen-bond acceptors (Lipinski definition) is 2. The predicted octanol–water partition coefficient (Wildman–Crippen LogP) is 12.3. The lowest BCUT2D eigenvalue weighted by atomic mass is 9.99. The number of rotatable bonds is 4. The minimum atomic E-state index is 0.696. The normalized spacial score (nSPS) is 11.8. The van der Waals surface area contributed by atoms with Gasteiger partial charge in [-0.2, -0.15) is 0 Å². The van der Waals surface area contributed by atoms with Crippen LogP contribution in [0.3, 0.4) is 0 Å². The lowest BCUT2D eigenvalue weighted by Crippen LogP contribution is -1.98. The Labute approximate surface area is 299 Å². The van der Waals surface area contributed by atoms with E-state index in [0.29, 0.717) is 5.82 Å². The molecule has 242 valence electrons. The van der Waals surface area contributed by atoms with Crippen LogP contribution in [0.1, 0.15) is 0 Å². The average molecular weight is 663 g/mol. The minimum absolute atomic E-state index is 0.696. The highest BCUT2D eigenvalue weighted by Gasteiger charge is 2.20. The van der Waals surface area contributed by atoms with Gasteiger partial charge < -0.3 is 8.97 Å². The molecule has 11 rings (SSSR count). The molecule has 4 nitrogen and oxygen atoms in total. The summed E-state index contributed by atoms with van der Waals surface area (Å²) in [4.78, 5) is 10.3. The minimum Gasteiger partial charge on any atom is -0.309 e. The van der Waals surface area contributed by atoms with Crippen LogP contribution in [0, 0.1) is 0 Å². The molecule has 0 fully saturated rings. The number of hydrogen-bond donors (Lipinski definition) is 0. The second kappa shape index (κ2) is 11.2. The number of aromatic nitrogens is 4. The molecule has 0 aliphatic rings. The summed E-state index contributed by atoms with van der Waals surface area (Å²) in [5.74, 6) is 0.696. The van der Waals surface area contributed by atoms with Gasteiger partial charge in [0.1, 0.15) is 0 Å². The van der Waals surface area contributed by atoms with Crippen LogP contribution in [-0.2, 0) is 0 Å². The fourth-order valence-corrected chi connectivity index (χ4v) is 8.20. The topological polar surface area (TPSA) is 35.1 Å². The van der Waals surface area contributed by atoms with Crippen LogP contribution in [0.2, 0.25) is 0 Å². The van der Waals surface area contributed by atoms with Crippen molar-refractivity contribution in [2.24, 2.45) is 0 Å². The van der Waals surface area contributed by atoms with Gasteiger partial charge in [0.05, 0.1) is 39.0 Å². The Balaban J connectivity index is 1.18. The lowest BCUT2D eigenvalue weighted by molar-refractivity contribution is 1.16. The van der Waals surface area contributed by atoms with Crippen molar-refractivity contribution < 1.29 is 0 Å². The van der Waals surface area contributed by atoms with Crippen molar-refractivity contribution in [3.05, 3.63) is 182 Å². The van der Waals surface area contributed by atoms with Gasteiger partial charge >= 0.3 is 0 Å². The van der Waals surface area contributed by atoms with Crippen molar-refractivity contribution in [2.75, 3.05) is 0 Å². The van der Waals surface area contributed by atoms with E-state index >= 15 is 0 Å². The smallest absolute Gasteiger partial charge is 0.160 e. The SMILES string of the molecule is c1ccc(-c2cc(-c3ccccc3)nc(-c3cccc(-n4c5ccccc5c5c6c7ccccc7n7c8ccccc8cc7c6ccc54)c3)n2)cc1. The molecule has 7 aromatic carbocycles. The second-order valence-electron chi connectivity index (χ2n) is 13.4. The molecule has 0 spiro atoms. The van der Waals surface area contributed by atoms with Crippen LogP contribution in [0.5, 0.6) is 0 Å². The van der Waals surface area contributed by atoms with Crippen molar-refractivity contribution in [3.63, 3.8) is 0 Å². The Morgan fingerprint density at radius 3 is 1.65 bits per heavy atom. The van der Waals surface area contributed by atoms with E-state index in [-0.39, 0.29) is 0 Å². The van der Waals surface area contributed by atoms with E-state index in [2.05, 4.69) is 179 Å². The van der Waals surface area contributed by atoms with E-state index < -0.39 is 0 Å². The van der Waals surface area contributed by atoms with Gasteiger partial charge in [0.25, 0.3) is 0 Å². The lowest BCUT2D eigenvalue weighted by Gasteiger charge is -2.13. The van der Waals surface area contributed by atoms with Gasteiger partial charge in [-0.25, -0.2) is 9.97 Å². The Bertz CT molecular complexity index is 3110. The van der Waals surface area contributed by atoms with Crippen molar-refractivity contribution in [2.45, 2.75) is 0 Å². The zero-order valence-corrected chi connectivity index (χ0v) is 28.1. The van der Waals surface area contributed by atoms with Gasteiger partial charge in [-0.3, -0.25) is 0 Å². The molecule has 0 amide bonds. The van der Waals surface area contributed by atoms with Gasteiger partial charge in [0, 0.05) is 54.7 Å². The fourth-order valence-electron chi connectivity index (χ4n) is 8.20. The first kappa shape index (κ1) is 28.8. The van der Waals surface area contributed by atoms with E-state index in [1.165, 1.54) is 54.4 Å². The molecule has 4 heterocycles. The number of pyridine rings is 1. The molecule has 0 bridgehead atoms. The van der Waals surface area contributed by atoms with Crippen molar-refractivity contribution >= 4 is 59.9 Å². The summed E-state index contributed by atoms with van der Waals surface area (Å²) in [7, 11) is 0. The molecule has 52 heavy (non-hydrogen) atoms. The van der Waals surface area contributed by atoms with Gasteiger partial charge in [-0.15, -0.1) is 0 Å². The second-order valence-corrected chi connectivity index (χ2v) is 13.4. The summed E-state index contributed by atoms with van der Waals surface area (Å²) in [6.07, 6.45) is 0. The number of para-hydroxylation sites is 3. The molecule has 0 aliphatic carbocycles. The van der Waals surface area contributed by atoms with Crippen LogP contribution >= 0.6 is 0 Å². The van der Waals surface area contributed by atoms with Crippen LogP contribution in [-0.4, -0.2) is 18.9 Å². The predicted molar refractivity (Wildman–Crippen MR) is 216 cm³/mol. The molecule has 0 N–H and O–H groups in total. The highest BCUT2D eigenvalue weighted by molar-refractivity contribution is 6.31. The van der Waals surface area contributed by atoms with E-state index in [1.54, 1.807) is 0 Å². The molecule has 4 heteroatoms. The summed E-state index contributed by atoms with van der Waals surface area (Å²) < 4.78 is 4.83. The number of nitrogens with zero attached hydrogens (tertiary/aromatic N) is 4. The summed E-state index contributed by atoms with van der Waals surface area (Å²) >= 11 is 0. The zero-order valence-electron chi connectivity index (χ0n) is 28.1. The number of fused-ring (bicyclic) bond motifs is 12. The molecule has 0 atom stereocenters. The Hall–Kier alpha value is -7.04. The molecule has 0 unspecified atom stereocenters. The summed E-state index contributed by atoms with van der Waals surface area (Å²) in [6.45, 7) is 0. The first-order chi connectivity index (χ1) is 25.8. The molecule has 0 radical (unpaired) electrons. The van der Waals surface area contributed by atoms with Crippen LogP contribution in [0.25, 0.3) is 99.5 Å². The zero-order chi connectivity index (χ0) is 34.2. The Kier molecular flexibility index (Phi) is 6.22. The van der Waals surface area contributed by atoms with E-state index in [9.17, 15) is 0 Å². The molecule has 0 aliphatic heterocycles.